The highest BCUT2D eigenvalue weighted by molar-refractivity contribution is 7.16. The van der Waals surface area contributed by atoms with E-state index in [0.717, 1.165) is 16.3 Å². The van der Waals surface area contributed by atoms with Gasteiger partial charge in [0, 0.05) is 25.8 Å². The molecule has 3 aromatic rings. The third kappa shape index (κ3) is 4.06. The Morgan fingerprint density at radius 2 is 2.07 bits per heavy atom. The number of aromatic nitrogens is 1. The van der Waals surface area contributed by atoms with E-state index in [1.165, 1.54) is 23.5 Å². The summed E-state index contributed by atoms with van der Waals surface area (Å²) in [7, 11) is 3.16. The smallest absolute Gasteiger partial charge is 0.281 e. The largest absolute Gasteiger partial charge is 0.497 e. The first-order chi connectivity index (χ1) is 13.4. The van der Waals surface area contributed by atoms with Gasteiger partial charge in [-0.1, -0.05) is 22.9 Å². The van der Waals surface area contributed by atoms with Gasteiger partial charge in [0.15, 0.2) is 4.80 Å². The Hall–Kier alpha value is -2.75. The highest BCUT2D eigenvalue weighted by Gasteiger charge is 2.16. The Morgan fingerprint density at radius 1 is 1.29 bits per heavy atom. The average Bonchev–Trinajstić information content (AvgIpc) is 3.02. The van der Waals surface area contributed by atoms with E-state index in [-0.39, 0.29) is 16.3 Å². The van der Waals surface area contributed by atoms with Gasteiger partial charge in [-0.3, -0.25) is 14.9 Å². The van der Waals surface area contributed by atoms with Crippen molar-refractivity contribution in [1.29, 1.82) is 0 Å². The molecule has 8 nitrogen and oxygen atoms in total. The summed E-state index contributed by atoms with van der Waals surface area (Å²) in [5, 5.41) is 11.1. The molecular formula is C18H16ClN3O5S. The van der Waals surface area contributed by atoms with E-state index in [2.05, 4.69) is 4.99 Å². The molecule has 0 aliphatic rings. The lowest BCUT2D eigenvalue weighted by Gasteiger charge is -2.05. The fourth-order valence-corrected chi connectivity index (χ4v) is 3.88. The van der Waals surface area contributed by atoms with Gasteiger partial charge < -0.3 is 14.0 Å². The number of rotatable bonds is 6. The predicted octanol–water partition coefficient (Wildman–Crippen LogP) is 3.66. The minimum Gasteiger partial charge on any atom is -0.497 e. The van der Waals surface area contributed by atoms with Gasteiger partial charge in [0.25, 0.3) is 11.6 Å². The van der Waals surface area contributed by atoms with Crippen LogP contribution in [0.2, 0.25) is 5.02 Å². The molecule has 2 aromatic carbocycles. The van der Waals surface area contributed by atoms with Crippen LogP contribution in [0.25, 0.3) is 10.2 Å². The Kier molecular flexibility index (Phi) is 6.08. The van der Waals surface area contributed by atoms with E-state index in [1.807, 2.05) is 22.8 Å². The number of hydrogen-bond donors (Lipinski definition) is 0. The molecule has 0 saturated heterocycles. The van der Waals surface area contributed by atoms with Crippen molar-refractivity contribution in [3.63, 3.8) is 0 Å². The van der Waals surface area contributed by atoms with Crippen LogP contribution in [0, 0.1) is 10.1 Å². The summed E-state index contributed by atoms with van der Waals surface area (Å²) in [5.74, 6) is 0.0330. The number of ether oxygens (including phenoxy) is 2. The van der Waals surface area contributed by atoms with Gasteiger partial charge in [0.05, 0.1) is 39.4 Å². The lowest BCUT2D eigenvalue weighted by Crippen LogP contribution is -2.19. The number of thiazole rings is 1. The quantitative estimate of drug-likeness (QED) is 0.447. The van der Waals surface area contributed by atoms with Gasteiger partial charge in [-0.25, -0.2) is 0 Å². The molecular weight excluding hydrogens is 406 g/mol. The van der Waals surface area contributed by atoms with Crippen molar-refractivity contribution in [2.45, 2.75) is 6.54 Å². The molecule has 3 rings (SSSR count). The Bertz CT molecular complexity index is 1120. The zero-order chi connectivity index (χ0) is 20.3. The predicted molar refractivity (Wildman–Crippen MR) is 106 cm³/mol. The second kappa shape index (κ2) is 8.51. The van der Waals surface area contributed by atoms with E-state index >= 15 is 0 Å². The number of benzene rings is 2. The number of nitro benzene ring substituents is 1. The Morgan fingerprint density at radius 3 is 2.75 bits per heavy atom. The number of carbonyl (C=O) groups excluding carboxylic acids is 1. The highest BCUT2D eigenvalue weighted by Crippen LogP contribution is 2.25. The fourth-order valence-electron chi connectivity index (χ4n) is 2.60. The number of nitro groups is 1. The highest BCUT2D eigenvalue weighted by atomic mass is 35.5. The topological polar surface area (TPSA) is 96.0 Å². The second-order valence-electron chi connectivity index (χ2n) is 5.70. The summed E-state index contributed by atoms with van der Waals surface area (Å²) in [6.45, 7) is 0.911. The molecule has 146 valence electrons. The number of nitrogens with zero attached hydrogens (tertiary/aromatic N) is 3. The zero-order valence-corrected chi connectivity index (χ0v) is 16.6. The number of carbonyl (C=O) groups is 1. The van der Waals surface area contributed by atoms with Crippen LogP contribution in [0.4, 0.5) is 5.69 Å². The van der Waals surface area contributed by atoms with E-state index in [9.17, 15) is 14.9 Å². The van der Waals surface area contributed by atoms with Gasteiger partial charge in [0.1, 0.15) is 5.75 Å². The lowest BCUT2D eigenvalue weighted by atomic mass is 10.2. The summed E-state index contributed by atoms with van der Waals surface area (Å²) >= 11 is 7.37. The number of hydrogen-bond acceptors (Lipinski definition) is 6. The maximum absolute atomic E-state index is 12.7. The van der Waals surface area contributed by atoms with Crippen LogP contribution in [-0.2, 0) is 11.3 Å². The molecule has 10 heteroatoms. The molecule has 0 spiro atoms. The van der Waals surface area contributed by atoms with Gasteiger partial charge in [-0.05, 0) is 24.3 Å². The van der Waals surface area contributed by atoms with Crippen molar-refractivity contribution >= 4 is 44.7 Å². The van der Waals surface area contributed by atoms with Crippen molar-refractivity contribution in [1.82, 2.24) is 4.57 Å². The number of amides is 1. The monoisotopic (exact) mass is 421 g/mol. The van der Waals surface area contributed by atoms with Gasteiger partial charge in [-0.15, -0.1) is 0 Å². The molecule has 0 atom stereocenters. The summed E-state index contributed by atoms with van der Waals surface area (Å²) in [5.41, 5.74) is 0.625. The molecule has 0 bridgehead atoms. The number of methoxy groups -OCH3 is 2. The minimum atomic E-state index is -0.654. The lowest BCUT2D eigenvalue weighted by molar-refractivity contribution is -0.384. The van der Waals surface area contributed by atoms with Crippen LogP contribution in [0.5, 0.6) is 5.75 Å². The standard InChI is InChI=1S/C18H16ClN3O5S/c1-26-8-7-21-15-6-4-12(27-2)10-16(15)28-18(21)20-17(23)13-9-11(22(24)25)3-5-14(13)19/h3-6,9-10H,7-8H2,1-2H3. The third-order valence-electron chi connectivity index (χ3n) is 4.00. The van der Waals surface area contributed by atoms with E-state index in [4.69, 9.17) is 21.1 Å². The van der Waals surface area contributed by atoms with Crippen molar-refractivity contribution < 1.29 is 19.2 Å². The molecule has 1 amide bonds. The first kappa shape index (κ1) is 20.0. The number of non-ortho nitro benzene ring substituents is 1. The van der Waals surface area contributed by atoms with Crippen LogP contribution in [0.1, 0.15) is 10.4 Å². The van der Waals surface area contributed by atoms with Crippen LogP contribution in [-0.4, -0.2) is 36.2 Å². The van der Waals surface area contributed by atoms with E-state index in [1.54, 1.807) is 14.2 Å². The average molecular weight is 422 g/mol. The molecule has 0 saturated carbocycles. The first-order valence-electron chi connectivity index (χ1n) is 8.14. The SMILES string of the molecule is COCCn1c(=NC(=O)c2cc([N+](=O)[O-])ccc2Cl)sc2cc(OC)ccc21. The molecule has 0 aliphatic heterocycles. The molecule has 0 N–H and O–H groups in total. The summed E-state index contributed by atoms with van der Waals surface area (Å²) in [4.78, 5) is 27.7. The second-order valence-corrected chi connectivity index (χ2v) is 7.12. The van der Waals surface area contributed by atoms with Crippen LogP contribution >= 0.6 is 22.9 Å². The molecule has 28 heavy (non-hydrogen) atoms. The van der Waals surface area contributed by atoms with Crippen molar-refractivity contribution in [3.8, 4) is 5.75 Å². The molecule has 0 fully saturated rings. The Balaban J connectivity index is 2.13. The third-order valence-corrected chi connectivity index (χ3v) is 5.37. The maximum Gasteiger partial charge on any atom is 0.281 e. The van der Waals surface area contributed by atoms with Crippen LogP contribution in [0.3, 0.4) is 0 Å². The molecule has 0 unspecified atom stereocenters. The van der Waals surface area contributed by atoms with Gasteiger partial charge in [0.2, 0.25) is 0 Å². The van der Waals surface area contributed by atoms with Crippen molar-refractivity contribution in [3.05, 3.63) is 61.9 Å². The first-order valence-corrected chi connectivity index (χ1v) is 9.33. The molecule has 1 heterocycles. The summed E-state index contributed by atoms with van der Waals surface area (Å²) in [6.07, 6.45) is 0. The van der Waals surface area contributed by atoms with Gasteiger partial charge >= 0.3 is 0 Å². The Labute approximate surface area is 168 Å². The number of halogens is 1. The molecule has 0 aliphatic carbocycles. The van der Waals surface area contributed by atoms with Crippen LogP contribution in [0.15, 0.2) is 41.4 Å². The summed E-state index contributed by atoms with van der Waals surface area (Å²) < 4.78 is 13.1. The minimum absolute atomic E-state index is 0.0239. The van der Waals surface area contributed by atoms with Gasteiger partial charge in [-0.2, -0.15) is 4.99 Å². The van der Waals surface area contributed by atoms with Crippen molar-refractivity contribution in [2.75, 3.05) is 20.8 Å². The summed E-state index contributed by atoms with van der Waals surface area (Å²) in [6, 6.07) is 9.24. The van der Waals surface area contributed by atoms with Crippen molar-refractivity contribution in [2.24, 2.45) is 4.99 Å². The molecule has 0 radical (unpaired) electrons. The van der Waals surface area contributed by atoms with Crippen LogP contribution < -0.4 is 9.54 Å². The number of fused-ring (bicyclic) bond motifs is 1. The normalized spacial score (nSPS) is 11.8. The zero-order valence-electron chi connectivity index (χ0n) is 15.0. The molecule has 1 aromatic heterocycles. The van der Waals surface area contributed by atoms with E-state index in [0.29, 0.717) is 23.7 Å². The maximum atomic E-state index is 12.7. The fraction of sp³-hybridized carbons (Fsp3) is 0.222. The van der Waals surface area contributed by atoms with E-state index < -0.39 is 10.8 Å².